The first-order chi connectivity index (χ1) is 11.9. The third-order valence-electron chi connectivity index (χ3n) is 4.37. The zero-order chi connectivity index (χ0) is 18.1. The first kappa shape index (κ1) is 17.4. The maximum Gasteiger partial charge on any atom is 0.343 e. The first-order valence-electron chi connectivity index (χ1n) is 8.20. The van der Waals surface area contributed by atoms with Gasteiger partial charge < -0.3 is 15.0 Å². The number of aromatic nitrogens is 1. The fourth-order valence-corrected chi connectivity index (χ4v) is 3.88. The lowest BCUT2D eigenvalue weighted by molar-refractivity contribution is -0.126. The summed E-state index contributed by atoms with van der Waals surface area (Å²) >= 11 is 1.20. The number of carbonyl (C=O) groups excluding carboxylic acids is 2. The molecule has 0 aliphatic carbocycles. The molecule has 0 bridgehead atoms. The van der Waals surface area contributed by atoms with Crippen molar-refractivity contribution in [1.29, 1.82) is 0 Å². The topological polar surface area (TPSA) is 71.5 Å². The average molecular weight is 359 g/mol. The van der Waals surface area contributed by atoms with Gasteiger partial charge in [-0.3, -0.25) is 4.79 Å². The standard InChI is InChI=1S/C18H21N3O3S/c1-10-9-13-7-5-6-8-14(13)21(10)17(22)12(3)24-18(23)15-11(2)20-25-16(15)19-4/h5-8,10,12,19H,9H2,1-4H3. The van der Waals surface area contributed by atoms with Crippen LogP contribution in [0, 0.1) is 6.92 Å². The van der Waals surface area contributed by atoms with E-state index in [2.05, 4.69) is 9.69 Å². The van der Waals surface area contributed by atoms with E-state index in [0.29, 0.717) is 16.3 Å². The third kappa shape index (κ3) is 3.11. The smallest absolute Gasteiger partial charge is 0.343 e. The molecule has 0 saturated heterocycles. The quantitative estimate of drug-likeness (QED) is 0.850. The monoisotopic (exact) mass is 359 g/mol. The molecule has 1 aromatic heterocycles. The van der Waals surface area contributed by atoms with Crippen LogP contribution in [0.3, 0.4) is 0 Å². The molecule has 2 heterocycles. The first-order valence-corrected chi connectivity index (χ1v) is 8.97. The van der Waals surface area contributed by atoms with Crippen LogP contribution in [0.15, 0.2) is 24.3 Å². The maximum absolute atomic E-state index is 12.9. The Morgan fingerprint density at radius 1 is 1.40 bits per heavy atom. The van der Waals surface area contributed by atoms with Gasteiger partial charge in [-0.15, -0.1) is 0 Å². The largest absolute Gasteiger partial charge is 0.449 e. The van der Waals surface area contributed by atoms with Gasteiger partial charge in [0.1, 0.15) is 10.6 Å². The Balaban J connectivity index is 1.77. The minimum atomic E-state index is -0.870. The van der Waals surface area contributed by atoms with Gasteiger partial charge in [-0.25, -0.2) is 4.79 Å². The van der Waals surface area contributed by atoms with Crippen molar-refractivity contribution < 1.29 is 14.3 Å². The van der Waals surface area contributed by atoms with E-state index in [4.69, 9.17) is 4.74 Å². The number of fused-ring (bicyclic) bond motifs is 1. The Bertz CT molecular complexity index is 818. The van der Waals surface area contributed by atoms with Gasteiger partial charge in [0.15, 0.2) is 6.10 Å². The molecule has 1 aliphatic rings. The van der Waals surface area contributed by atoms with Gasteiger partial charge in [-0.05, 0) is 50.4 Å². The fourth-order valence-electron chi connectivity index (χ4n) is 3.15. The van der Waals surface area contributed by atoms with Crippen LogP contribution in [0.4, 0.5) is 10.7 Å². The molecule has 0 radical (unpaired) electrons. The Morgan fingerprint density at radius 2 is 2.12 bits per heavy atom. The molecule has 1 aliphatic heterocycles. The van der Waals surface area contributed by atoms with Crippen molar-refractivity contribution in [1.82, 2.24) is 4.37 Å². The highest BCUT2D eigenvalue weighted by molar-refractivity contribution is 7.10. The number of esters is 1. The van der Waals surface area contributed by atoms with E-state index >= 15 is 0 Å². The zero-order valence-corrected chi connectivity index (χ0v) is 15.5. The van der Waals surface area contributed by atoms with Crippen LogP contribution in [-0.4, -0.2) is 35.4 Å². The zero-order valence-electron chi connectivity index (χ0n) is 14.7. The van der Waals surface area contributed by atoms with Crippen LogP contribution in [0.2, 0.25) is 0 Å². The normalized spacial score (nSPS) is 17.1. The fraction of sp³-hybridized carbons (Fsp3) is 0.389. The van der Waals surface area contributed by atoms with Crippen LogP contribution in [0.5, 0.6) is 0 Å². The molecular weight excluding hydrogens is 338 g/mol. The van der Waals surface area contributed by atoms with Crippen molar-refractivity contribution in [3.8, 4) is 0 Å². The van der Waals surface area contributed by atoms with Gasteiger partial charge >= 0.3 is 5.97 Å². The van der Waals surface area contributed by atoms with Gasteiger partial charge in [0, 0.05) is 18.8 Å². The van der Waals surface area contributed by atoms with Gasteiger partial charge in [0.25, 0.3) is 5.91 Å². The molecule has 1 amide bonds. The highest BCUT2D eigenvalue weighted by Crippen LogP contribution is 2.33. The SMILES string of the molecule is CNc1snc(C)c1C(=O)OC(C)C(=O)N1c2ccccc2CC1C. The summed E-state index contributed by atoms with van der Waals surface area (Å²) in [7, 11) is 1.72. The molecule has 132 valence electrons. The second-order valence-corrected chi connectivity index (χ2v) is 6.93. The number of nitrogens with zero attached hydrogens (tertiary/aromatic N) is 2. The van der Waals surface area contributed by atoms with Crippen LogP contribution >= 0.6 is 11.5 Å². The number of ether oxygens (including phenoxy) is 1. The van der Waals surface area contributed by atoms with Crippen molar-refractivity contribution in [2.45, 2.75) is 39.3 Å². The number of nitrogens with one attached hydrogen (secondary N) is 1. The molecule has 0 saturated carbocycles. The summed E-state index contributed by atoms with van der Waals surface area (Å²) in [6, 6.07) is 7.87. The van der Waals surface area contributed by atoms with Crippen molar-refractivity contribution in [2.75, 3.05) is 17.3 Å². The number of benzene rings is 1. The molecule has 2 aromatic rings. The molecule has 6 nitrogen and oxygen atoms in total. The molecule has 0 spiro atoms. The number of carbonyl (C=O) groups is 2. The molecule has 2 atom stereocenters. The van der Waals surface area contributed by atoms with Gasteiger partial charge in [-0.2, -0.15) is 4.37 Å². The Kier molecular flexibility index (Phi) is 4.76. The van der Waals surface area contributed by atoms with Crippen molar-refractivity contribution in [2.24, 2.45) is 0 Å². The van der Waals surface area contributed by atoms with Crippen molar-refractivity contribution in [3.05, 3.63) is 41.1 Å². The Labute approximate surface area is 151 Å². The molecule has 7 heteroatoms. The molecule has 2 unspecified atom stereocenters. The van der Waals surface area contributed by atoms with Crippen LogP contribution in [0.1, 0.15) is 35.5 Å². The maximum atomic E-state index is 12.9. The van der Waals surface area contributed by atoms with Crippen molar-refractivity contribution in [3.63, 3.8) is 0 Å². The van der Waals surface area contributed by atoms with Gasteiger partial charge in [-0.1, -0.05) is 18.2 Å². The number of aryl methyl sites for hydroxylation is 1. The highest BCUT2D eigenvalue weighted by Gasteiger charge is 2.35. The molecule has 1 aromatic carbocycles. The second kappa shape index (κ2) is 6.84. The Morgan fingerprint density at radius 3 is 2.84 bits per heavy atom. The van der Waals surface area contributed by atoms with Crippen LogP contribution < -0.4 is 10.2 Å². The number of para-hydroxylation sites is 1. The summed E-state index contributed by atoms with van der Waals surface area (Å²) in [4.78, 5) is 27.1. The van der Waals surface area contributed by atoms with Crippen molar-refractivity contribution >= 4 is 34.1 Å². The van der Waals surface area contributed by atoms with E-state index in [0.717, 1.165) is 17.7 Å². The third-order valence-corrected chi connectivity index (χ3v) is 5.33. The Hall–Kier alpha value is -2.41. The summed E-state index contributed by atoms with van der Waals surface area (Å²) in [5, 5.41) is 3.58. The lowest BCUT2D eigenvalue weighted by Gasteiger charge is -2.26. The van der Waals surface area contributed by atoms with E-state index in [1.807, 2.05) is 31.2 Å². The van der Waals surface area contributed by atoms with Crippen LogP contribution in [0.25, 0.3) is 0 Å². The minimum Gasteiger partial charge on any atom is -0.449 e. The lowest BCUT2D eigenvalue weighted by Crippen LogP contribution is -2.43. The summed E-state index contributed by atoms with van der Waals surface area (Å²) in [5.74, 6) is -0.741. The van der Waals surface area contributed by atoms with E-state index in [9.17, 15) is 9.59 Å². The number of amides is 1. The lowest BCUT2D eigenvalue weighted by atomic mass is 10.1. The van der Waals surface area contributed by atoms with Crippen LogP contribution in [-0.2, 0) is 16.0 Å². The van der Waals surface area contributed by atoms with E-state index in [1.165, 1.54) is 11.5 Å². The minimum absolute atomic E-state index is 0.0449. The molecule has 0 fully saturated rings. The average Bonchev–Trinajstić information content (AvgIpc) is 3.12. The molecule has 25 heavy (non-hydrogen) atoms. The van der Waals surface area contributed by atoms with E-state index in [-0.39, 0.29) is 11.9 Å². The molecular formula is C18H21N3O3S. The number of hydrogen-bond donors (Lipinski definition) is 1. The van der Waals surface area contributed by atoms with Gasteiger partial charge in [0.05, 0.1) is 5.69 Å². The molecule has 3 rings (SSSR count). The number of rotatable bonds is 4. The number of hydrogen-bond acceptors (Lipinski definition) is 6. The summed E-state index contributed by atoms with van der Waals surface area (Å²) in [6.07, 6.45) is -0.0647. The van der Waals surface area contributed by atoms with E-state index in [1.54, 1.807) is 25.8 Å². The predicted molar refractivity (Wildman–Crippen MR) is 98.4 cm³/mol. The second-order valence-electron chi connectivity index (χ2n) is 6.16. The summed E-state index contributed by atoms with van der Waals surface area (Å²) < 4.78 is 9.62. The summed E-state index contributed by atoms with van der Waals surface area (Å²) in [6.45, 7) is 5.36. The van der Waals surface area contributed by atoms with Gasteiger partial charge in [0.2, 0.25) is 0 Å². The molecule has 1 N–H and O–H groups in total. The predicted octanol–water partition coefficient (Wildman–Crippen LogP) is 3.02. The van der Waals surface area contributed by atoms with E-state index < -0.39 is 12.1 Å². The summed E-state index contributed by atoms with van der Waals surface area (Å²) in [5.41, 5.74) is 3.02. The highest BCUT2D eigenvalue weighted by atomic mass is 32.1. The number of anilines is 2.